The van der Waals surface area contributed by atoms with Crippen LogP contribution in [0.5, 0.6) is 11.5 Å². The number of hydrogen-bond donors (Lipinski definition) is 1. The Bertz CT molecular complexity index is 1250. The molecule has 1 aromatic heterocycles. The molecule has 174 valence electrons. The summed E-state index contributed by atoms with van der Waals surface area (Å²) < 4.78 is 13.7. The molecule has 0 fully saturated rings. The molecular formula is C26H25N3O3S2. The number of nitrogens with zero attached hydrogens (tertiary/aromatic N) is 2. The Morgan fingerprint density at radius 2 is 1.91 bits per heavy atom. The third-order valence-electron chi connectivity index (χ3n) is 4.79. The van der Waals surface area contributed by atoms with E-state index in [0.29, 0.717) is 24.7 Å². The predicted molar refractivity (Wildman–Crippen MR) is 139 cm³/mol. The summed E-state index contributed by atoms with van der Waals surface area (Å²) in [5.41, 5.74) is 6.61. The van der Waals surface area contributed by atoms with Gasteiger partial charge in [-0.05, 0) is 55.3 Å². The van der Waals surface area contributed by atoms with Gasteiger partial charge in [-0.1, -0.05) is 53.7 Å². The molecule has 0 unspecified atom stereocenters. The number of carbonyl (C=O) groups excluding carboxylic acids is 1. The van der Waals surface area contributed by atoms with Gasteiger partial charge in [0.15, 0.2) is 15.8 Å². The number of hydrogen-bond acceptors (Lipinski definition) is 7. The lowest BCUT2D eigenvalue weighted by Gasteiger charge is -2.12. The molecule has 8 heteroatoms. The van der Waals surface area contributed by atoms with Gasteiger partial charge in [0.1, 0.15) is 6.61 Å². The van der Waals surface area contributed by atoms with Crippen LogP contribution in [-0.2, 0) is 11.4 Å². The van der Waals surface area contributed by atoms with Crippen molar-refractivity contribution in [1.82, 2.24) is 10.4 Å². The standard InChI is InChI=1S/C26H25N3O3S2/c1-3-31-23-14-20(12-13-22(23)32-16-19-10-8-18(2)9-11-19)15-27-29-25(30)17-33-26-28-21-6-4-5-7-24(21)34-26/h4-15H,3,16-17H2,1-2H3,(H,29,30)/b27-15+. The average Bonchev–Trinajstić information content (AvgIpc) is 3.27. The van der Waals surface area contributed by atoms with Gasteiger partial charge >= 0.3 is 0 Å². The van der Waals surface area contributed by atoms with E-state index in [1.807, 2.05) is 49.4 Å². The van der Waals surface area contributed by atoms with Crippen LogP contribution in [0.3, 0.4) is 0 Å². The molecule has 3 aromatic carbocycles. The highest BCUT2D eigenvalue weighted by atomic mass is 32.2. The Morgan fingerprint density at radius 1 is 1.09 bits per heavy atom. The van der Waals surface area contributed by atoms with Gasteiger partial charge in [0.05, 0.1) is 28.8 Å². The summed E-state index contributed by atoms with van der Waals surface area (Å²) >= 11 is 2.98. The molecule has 1 heterocycles. The molecule has 0 radical (unpaired) electrons. The molecule has 0 spiro atoms. The minimum absolute atomic E-state index is 0.191. The van der Waals surface area contributed by atoms with E-state index in [0.717, 1.165) is 25.7 Å². The molecule has 0 aliphatic heterocycles. The molecule has 34 heavy (non-hydrogen) atoms. The SMILES string of the molecule is CCOc1cc(/C=N/NC(=O)CSc2nc3ccccc3s2)ccc1OCc1ccc(C)cc1. The van der Waals surface area contributed by atoms with Crippen molar-refractivity contribution in [2.75, 3.05) is 12.4 Å². The Balaban J connectivity index is 1.31. The molecule has 6 nitrogen and oxygen atoms in total. The van der Waals surface area contributed by atoms with E-state index in [1.165, 1.54) is 17.3 Å². The van der Waals surface area contributed by atoms with Gasteiger partial charge in [0, 0.05) is 0 Å². The first kappa shape index (κ1) is 23.8. The number of benzene rings is 3. The van der Waals surface area contributed by atoms with Crippen LogP contribution in [0.2, 0.25) is 0 Å². The van der Waals surface area contributed by atoms with Crippen LogP contribution in [0.4, 0.5) is 0 Å². The minimum Gasteiger partial charge on any atom is -0.490 e. The number of thioether (sulfide) groups is 1. The summed E-state index contributed by atoms with van der Waals surface area (Å²) in [6.07, 6.45) is 1.59. The van der Waals surface area contributed by atoms with E-state index in [4.69, 9.17) is 9.47 Å². The molecular weight excluding hydrogens is 466 g/mol. The van der Waals surface area contributed by atoms with Crippen molar-refractivity contribution < 1.29 is 14.3 Å². The minimum atomic E-state index is -0.191. The van der Waals surface area contributed by atoms with Crippen LogP contribution in [0.1, 0.15) is 23.6 Å². The van der Waals surface area contributed by atoms with Crippen molar-refractivity contribution in [2.24, 2.45) is 5.10 Å². The van der Waals surface area contributed by atoms with Gasteiger partial charge in [-0.2, -0.15) is 5.10 Å². The number of ether oxygens (including phenoxy) is 2. The molecule has 4 rings (SSSR count). The molecule has 1 amide bonds. The largest absolute Gasteiger partial charge is 0.490 e. The number of hydrazone groups is 1. The van der Waals surface area contributed by atoms with Gasteiger partial charge in [0.2, 0.25) is 0 Å². The normalized spacial score (nSPS) is 11.1. The second-order valence-electron chi connectivity index (χ2n) is 7.44. The third kappa shape index (κ3) is 6.59. The molecule has 0 saturated heterocycles. The fraction of sp³-hybridized carbons (Fsp3) is 0.192. The van der Waals surface area contributed by atoms with E-state index in [1.54, 1.807) is 17.6 Å². The Kier molecular flexibility index (Phi) is 8.17. The maximum atomic E-state index is 12.2. The van der Waals surface area contributed by atoms with E-state index in [9.17, 15) is 4.79 Å². The van der Waals surface area contributed by atoms with Crippen molar-refractivity contribution in [2.45, 2.75) is 24.8 Å². The van der Waals surface area contributed by atoms with Gasteiger partial charge < -0.3 is 9.47 Å². The third-order valence-corrected chi connectivity index (χ3v) is 6.97. The van der Waals surface area contributed by atoms with E-state index >= 15 is 0 Å². The molecule has 0 saturated carbocycles. The molecule has 0 aliphatic rings. The number of aryl methyl sites for hydroxylation is 1. The molecule has 0 bridgehead atoms. The zero-order valence-electron chi connectivity index (χ0n) is 19.0. The summed E-state index contributed by atoms with van der Waals surface area (Å²) in [6, 6.07) is 21.7. The smallest absolute Gasteiger partial charge is 0.250 e. The monoisotopic (exact) mass is 491 g/mol. The number of nitrogens with one attached hydrogen (secondary N) is 1. The lowest BCUT2D eigenvalue weighted by atomic mass is 10.2. The van der Waals surface area contributed by atoms with Crippen molar-refractivity contribution in [3.63, 3.8) is 0 Å². The highest BCUT2D eigenvalue weighted by Gasteiger charge is 2.08. The zero-order valence-corrected chi connectivity index (χ0v) is 20.6. The second-order valence-corrected chi connectivity index (χ2v) is 9.70. The maximum absolute atomic E-state index is 12.2. The van der Waals surface area contributed by atoms with Gasteiger partial charge in [-0.25, -0.2) is 10.4 Å². The maximum Gasteiger partial charge on any atom is 0.250 e. The van der Waals surface area contributed by atoms with Crippen LogP contribution >= 0.6 is 23.1 Å². The first-order valence-electron chi connectivity index (χ1n) is 10.9. The fourth-order valence-electron chi connectivity index (χ4n) is 3.09. The fourth-order valence-corrected chi connectivity index (χ4v) is 4.95. The van der Waals surface area contributed by atoms with Crippen LogP contribution < -0.4 is 14.9 Å². The Labute approximate surface area is 207 Å². The Morgan fingerprint density at radius 3 is 2.71 bits per heavy atom. The summed E-state index contributed by atoms with van der Waals surface area (Å²) in [6.45, 7) is 4.95. The number of fused-ring (bicyclic) bond motifs is 1. The van der Waals surface area contributed by atoms with Crippen molar-refractivity contribution in [3.8, 4) is 11.5 Å². The topological polar surface area (TPSA) is 72.8 Å². The van der Waals surface area contributed by atoms with Crippen LogP contribution in [0, 0.1) is 6.92 Å². The first-order valence-corrected chi connectivity index (χ1v) is 12.7. The number of carbonyl (C=O) groups is 1. The summed E-state index contributed by atoms with van der Waals surface area (Å²) in [5, 5.41) is 4.08. The highest BCUT2D eigenvalue weighted by Crippen LogP contribution is 2.30. The highest BCUT2D eigenvalue weighted by molar-refractivity contribution is 8.01. The molecule has 0 aliphatic carbocycles. The van der Waals surface area contributed by atoms with Crippen LogP contribution in [-0.4, -0.2) is 29.5 Å². The number of thiazole rings is 1. The van der Waals surface area contributed by atoms with Gasteiger partial charge in [0.25, 0.3) is 5.91 Å². The number of amides is 1. The summed E-state index contributed by atoms with van der Waals surface area (Å²) in [4.78, 5) is 16.7. The quantitative estimate of drug-likeness (QED) is 0.172. The first-order chi connectivity index (χ1) is 16.6. The lowest BCUT2D eigenvalue weighted by Crippen LogP contribution is -2.19. The number of aromatic nitrogens is 1. The Hall–Kier alpha value is -3.36. The van der Waals surface area contributed by atoms with Crippen molar-refractivity contribution in [3.05, 3.63) is 83.4 Å². The lowest BCUT2D eigenvalue weighted by molar-refractivity contribution is -0.118. The van der Waals surface area contributed by atoms with Crippen LogP contribution in [0.25, 0.3) is 10.2 Å². The second kappa shape index (κ2) is 11.7. The van der Waals surface area contributed by atoms with E-state index < -0.39 is 0 Å². The van der Waals surface area contributed by atoms with Crippen LogP contribution in [0.15, 0.2) is 76.2 Å². The number of rotatable bonds is 10. The molecule has 1 N–H and O–H groups in total. The summed E-state index contributed by atoms with van der Waals surface area (Å²) in [7, 11) is 0. The average molecular weight is 492 g/mol. The van der Waals surface area contributed by atoms with Crippen molar-refractivity contribution >= 4 is 45.4 Å². The molecule has 4 aromatic rings. The predicted octanol–water partition coefficient (Wildman–Crippen LogP) is 5.82. The van der Waals surface area contributed by atoms with Gasteiger partial charge in [-0.15, -0.1) is 11.3 Å². The zero-order chi connectivity index (χ0) is 23.8. The van der Waals surface area contributed by atoms with Gasteiger partial charge in [-0.3, -0.25) is 4.79 Å². The van der Waals surface area contributed by atoms with Crippen molar-refractivity contribution in [1.29, 1.82) is 0 Å². The van der Waals surface area contributed by atoms with E-state index in [-0.39, 0.29) is 11.7 Å². The number of para-hydroxylation sites is 1. The molecule has 0 atom stereocenters. The summed E-state index contributed by atoms with van der Waals surface area (Å²) in [5.74, 6) is 1.35. The van der Waals surface area contributed by atoms with E-state index in [2.05, 4.69) is 46.7 Å².